The zero-order valence-electron chi connectivity index (χ0n) is 23.0. The van der Waals surface area contributed by atoms with Crippen LogP contribution in [0.2, 0.25) is 0 Å². The van der Waals surface area contributed by atoms with Gasteiger partial charge in [0, 0.05) is 5.39 Å². The van der Waals surface area contributed by atoms with Crippen molar-refractivity contribution >= 4 is 104 Å². The Morgan fingerprint density at radius 2 is 1.14 bits per heavy atom. The van der Waals surface area contributed by atoms with Crippen LogP contribution in [-0.2, 0) is 0 Å². The van der Waals surface area contributed by atoms with Crippen molar-refractivity contribution in [1.82, 2.24) is 14.4 Å². The largest absolute Gasteiger partial charge is 0.268 e. The predicted octanol–water partition coefficient (Wildman–Crippen LogP) is 9.85. The second-order valence-corrected chi connectivity index (χ2v) is 12.9. The third-order valence-corrected chi connectivity index (χ3v) is 10.3. The van der Waals surface area contributed by atoms with Crippen molar-refractivity contribution in [2.45, 2.75) is 0 Å². The highest BCUT2D eigenvalue weighted by molar-refractivity contribution is 14.1. The first kappa shape index (κ1) is 23.3. The summed E-state index contributed by atoms with van der Waals surface area (Å²) in [5, 5.41) is 13.6. The first-order chi connectivity index (χ1) is 21.7. The summed E-state index contributed by atoms with van der Waals surface area (Å²) < 4.78 is 2.64. The lowest BCUT2D eigenvalue weighted by atomic mass is 9.89. The summed E-state index contributed by atoms with van der Waals surface area (Å²) in [6, 6.07) is 36.7. The molecule has 202 valence electrons. The van der Waals surface area contributed by atoms with Crippen LogP contribution in [0.4, 0.5) is 0 Å². The van der Waals surface area contributed by atoms with Crippen molar-refractivity contribution in [1.29, 1.82) is 0 Å². The Balaban J connectivity index is 1.50. The topological polar surface area (TPSA) is 47.3 Å². The Hall–Kier alpha value is -5.14. The fourth-order valence-corrected chi connectivity index (χ4v) is 8.47. The van der Waals surface area contributed by atoms with E-state index in [0.29, 0.717) is 5.65 Å². The highest BCUT2D eigenvalue weighted by atomic mass is 127. The Morgan fingerprint density at radius 3 is 1.75 bits per heavy atom. The van der Waals surface area contributed by atoms with E-state index in [1.807, 2.05) is 6.07 Å². The average molecular weight is 671 g/mol. The van der Waals surface area contributed by atoms with E-state index in [2.05, 4.69) is 125 Å². The standard InChI is InChI=1S/C39H18IN3O/c40-30-17-28-29(18-41-30)43-38(42-28)36-26-15-24(19-7-3-1-4-8-19)22-13-11-21-12-14-23-25(20-9-5-2-6-10-20)16-27(37(36)39(43)44)35-33(23)31(21)32(22)34(26)35/h1-18H. The van der Waals surface area contributed by atoms with Crippen molar-refractivity contribution in [2.75, 3.05) is 0 Å². The molecular weight excluding hydrogens is 653 g/mol. The molecule has 3 heterocycles. The normalized spacial score (nSPS) is 12.8. The molecule has 3 aromatic heterocycles. The summed E-state index contributed by atoms with van der Waals surface area (Å²) in [5.41, 5.74) is 6.81. The van der Waals surface area contributed by atoms with Crippen LogP contribution < -0.4 is 5.56 Å². The van der Waals surface area contributed by atoms with Crippen LogP contribution in [0.25, 0.3) is 104 Å². The highest BCUT2D eigenvalue weighted by Crippen LogP contribution is 2.54. The number of halogens is 1. The van der Waals surface area contributed by atoms with Crippen molar-refractivity contribution < 1.29 is 0 Å². The summed E-state index contributed by atoms with van der Waals surface area (Å²) in [4.78, 5) is 24.3. The number of rotatable bonds is 2. The lowest BCUT2D eigenvalue weighted by molar-refractivity contribution is 1.19. The lowest BCUT2D eigenvalue weighted by Gasteiger charge is -2.13. The zero-order chi connectivity index (χ0) is 28.8. The second kappa shape index (κ2) is 7.87. The van der Waals surface area contributed by atoms with Gasteiger partial charge in [-0.15, -0.1) is 0 Å². The molecule has 0 bridgehead atoms. The smallest absolute Gasteiger partial charge is 0.265 e. The fourth-order valence-electron chi connectivity index (χ4n) is 8.03. The van der Waals surface area contributed by atoms with E-state index >= 15 is 0 Å². The summed E-state index contributed by atoms with van der Waals surface area (Å²) in [5.74, 6) is 0. The van der Waals surface area contributed by atoms with Crippen molar-refractivity contribution in [3.05, 3.63) is 123 Å². The summed E-state index contributed by atoms with van der Waals surface area (Å²) in [6.45, 7) is 0. The molecule has 0 unspecified atom stereocenters. The lowest BCUT2D eigenvalue weighted by Crippen LogP contribution is -2.06. The number of imidazole rings is 1. The van der Waals surface area contributed by atoms with E-state index in [-0.39, 0.29) is 5.56 Å². The molecular formula is C39H18IN3O. The van der Waals surface area contributed by atoms with Gasteiger partial charge in [0.1, 0.15) is 9.35 Å². The van der Waals surface area contributed by atoms with Crippen molar-refractivity contribution in [3.8, 4) is 22.3 Å². The fraction of sp³-hybridized carbons (Fsp3) is 0. The van der Waals surface area contributed by atoms with Crippen molar-refractivity contribution in [2.24, 2.45) is 0 Å². The molecule has 0 radical (unpaired) electrons. The number of hydrogen-bond acceptors (Lipinski definition) is 3. The Bertz CT molecular complexity index is 3000. The minimum absolute atomic E-state index is 0.0368. The Labute approximate surface area is 262 Å². The maximum atomic E-state index is 14.7. The molecule has 0 spiro atoms. The van der Waals surface area contributed by atoms with Gasteiger partial charge in [0.15, 0.2) is 0 Å². The molecule has 0 aliphatic carbocycles. The molecule has 0 saturated heterocycles. The molecule has 0 fully saturated rings. The second-order valence-electron chi connectivity index (χ2n) is 11.8. The van der Waals surface area contributed by atoms with E-state index in [4.69, 9.17) is 4.98 Å². The van der Waals surface area contributed by atoms with Gasteiger partial charge >= 0.3 is 0 Å². The molecule has 5 heteroatoms. The summed E-state index contributed by atoms with van der Waals surface area (Å²) in [7, 11) is 0. The average Bonchev–Trinajstić information content (AvgIpc) is 3.71. The highest BCUT2D eigenvalue weighted by Gasteiger charge is 2.29. The number of aromatic nitrogens is 3. The summed E-state index contributed by atoms with van der Waals surface area (Å²) >= 11 is 2.21. The van der Waals surface area contributed by atoms with Gasteiger partial charge in [0.05, 0.1) is 22.6 Å². The third kappa shape index (κ3) is 2.65. The molecule has 11 aromatic rings. The third-order valence-electron chi connectivity index (χ3n) is 9.74. The Morgan fingerprint density at radius 1 is 0.568 bits per heavy atom. The molecule has 44 heavy (non-hydrogen) atoms. The number of hydrogen-bond donors (Lipinski definition) is 0. The summed E-state index contributed by atoms with van der Waals surface area (Å²) in [6.07, 6.45) is 1.78. The van der Waals surface area contributed by atoms with Gasteiger partial charge in [-0.2, -0.15) is 0 Å². The van der Waals surface area contributed by atoms with Crippen LogP contribution in [0.15, 0.2) is 114 Å². The molecule has 0 saturated carbocycles. The molecule has 8 aromatic carbocycles. The number of pyridine rings is 1. The number of nitrogens with zero attached hydrogens (tertiary/aromatic N) is 3. The minimum Gasteiger partial charge on any atom is -0.268 e. The first-order valence-electron chi connectivity index (χ1n) is 14.7. The van der Waals surface area contributed by atoms with Crippen LogP contribution in [0, 0.1) is 3.70 Å². The number of fused-ring (bicyclic) bond motifs is 7. The van der Waals surface area contributed by atoms with Crippen LogP contribution in [0.3, 0.4) is 0 Å². The van der Waals surface area contributed by atoms with Crippen LogP contribution >= 0.6 is 22.6 Å². The molecule has 0 aliphatic heterocycles. The van der Waals surface area contributed by atoms with E-state index in [1.165, 1.54) is 48.7 Å². The molecule has 0 N–H and O–H groups in total. The molecule has 0 atom stereocenters. The maximum absolute atomic E-state index is 14.7. The van der Waals surface area contributed by atoms with Gasteiger partial charge in [-0.3, -0.25) is 9.20 Å². The monoisotopic (exact) mass is 671 g/mol. The van der Waals surface area contributed by atoms with Gasteiger partial charge in [-0.05, 0) is 117 Å². The predicted molar refractivity (Wildman–Crippen MR) is 190 cm³/mol. The minimum atomic E-state index is -0.0368. The van der Waals surface area contributed by atoms with Crippen LogP contribution in [0.5, 0.6) is 0 Å². The van der Waals surface area contributed by atoms with E-state index in [1.54, 1.807) is 10.6 Å². The molecule has 0 amide bonds. The van der Waals surface area contributed by atoms with E-state index < -0.39 is 0 Å². The van der Waals surface area contributed by atoms with Gasteiger partial charge in [-0.25, -0.2) is 9.97 Å². The maximum Gasteiger partial charge on any atom is 0.265 e. The molecule has 4 nitrogen and oxygen atoms in total. The van der Waals surface area contributed by atoms with Crippen LogP contribution in [0.1, 0.15) is 0 Å². The van der Waals surface area contributed by atoms with E-state index in [0.717, 1.165) is 53.0 Å². The SMILES string of the molecule is O=c1c2c3cc(-c4ccccc4)c4ccc5ccc6c(-c7ccccc7)cc(c7c6c5c4c37)c2c2nc3cc(I)ncc3n12. The number of benzene rings is 7. The van der Waals surface area contributed by atoms with Gasteiger partial charge in [0.2, 0.25) is 0 Å². The zero-order valence-corrected chi connectivity index (χ0v) is 25.2. The quantitative estimate of drug-likeness (QED) is 0.104. The van der Waals surface area contributed by atoms with Gasteiger partial charge in [-0.1, -0.05) is 84.9 Å². The van der Waals surface area contributed by atoms with E-state index in [9.17, 15) is 4.79 Å². The Kier molecular flexibility index (Phi) is 4.17. The van der Waals surface area contributed by atoms with Gasteiger partial charge in [0.25, 0.3) is 5.56 Å². The molecule has 11 rings (SSSR count). The first-order valence-corrected chi connectivity index (χ1v) is 15.7. The van der Waals surface area contributed by atoms with Crippen molar-refractivity contribution in [3.63, 3.8) is 0 Å². The van der Waals surface area contributed by atoms with Crippen LogP contribution in [-0.4, -0.2) is 14.4 Å². The molecule has 0 aliphatic rings. The van der Waals surface area contributed by atoms with Gasteiger partial charge < -0.3 is 0 Å².